The van der Waals surface area contributed by atoms with Crippen LogP contribution in [0.25, 0.3) is 10.2 Å². The van der Waals surface area contributed by atoms with Crippen LogP contribution in [0.2, 0.25) is 0 Å². The summed E-state index contributed by atoms with van der Waals surface area (Å²) in [5, 5.41) is 3.60. The van der Waals surface area contributed by atoms with Crippen LogP contribution < -0.4 is 16.0 Å². The third-order valence-corrected chi connectivity index (χ3v) is 5.55. The van der Waals surface area contributed by atoms with E-state index in [-0.39, 0.29) is 17.8 Å². The van der Waals surface area contributed by atoms with Gasteiger partial charge in [-0.2, -0.15) is 4.98 Å². The van der Waals surface area contributed by atoms with E-state index >= 15 is 0 Å². The molecule has 2 aromatic heterocycles. The van der Waals surface area contributed by atoms with E-state index in [0.29, 0.717) is 16.1 Å². The van der Waals surface area contributed by atoms with E-state index in [0.717, 1.165) is 37.1 Å². The van der Waals surface area contributed by atoms with Crippen molar-refractivity contribution in [2.45, 2.75) is 39.2 Å². The minimum Gasteiger partial charge on any atom is -0.467 e. The maximum atomic E-state index is 12.7. The highest BCUT2D eigenvalue weighted by molar-refractivity contribution is 7.20. The Morgan fingerprint density at radius 2 is 2.04 bits per heavy atom. The fraction of sp³-hybridized carbons (Fsp3) is 0.556. The summed E-state index contributed by atoms with van der Waals surface area (Å²) in [6.45, 7) is 5.81. The highest BCUT2D eigenvalue weighted by Gasteiger charge is 2.25. The Hall–Kier alpha value is -2.42. The van der Waals surface area contributed by atoms with Crippen LogP contribution >= 0.6 is 11.3 Å². The third kappa shape index (κ3) is 4.29. The van der Waals surface area contributed by atoms with Crippen molar-refractivity contribution >= 4 is 45.2 Å². The van der Waals surface area contributed by atoms with Gasteiger partial charge in [-0.05, 0) is 31.2 Å². The number of hydrogen-bond acceptors (Lipinski definition) is 8. The first kappa shape index (κ1) is 19.3. The minimum absolute atomic E-state index is 0.199. The number of rotatable bonds is 6. The second-order valence-electron chi connectivity index (χ2n) is 7.11. The molecule has 3 rings (SSSR count). The average Bonchev–Trinajstić information content (AvgIpc) is 3.28. The van der Waals surface area contributed by atoms with Crippen molar-refractivity contribution in [3.8, 4) is 0 Å². The van der Waals surface area contributed by atoms with Crippen molar-refractivity contribution < 1.29 is 14.3 Å². The molecule has 3 N–H and O–H groups in total. The lowest BCUT2D eigenvalue weighted by Gasteiger charge is -2.17. The van der Waals surface area contributed by atoms with Crippen LogP contribution in [0.5, 0.6) is 0 Å². The number of ether oxygens (including phenoxy) is 1. The monoisotopic (exact) mass is 391 g/mol. The van der Waals surface area contributed by atoms with Crippen LogP contribution in [0.4, 0.5) is 11.8 Å². The highest BCUT2D eigenvalue weighted by atomic mass is 32.1. The van der Waals surface area contributed by atoms with Crippen molar-refractivity contribution in [2.24, 2.45) is 5.92 Å². The van der Waals surface area contributed by atoms with E-state index in [2.05, 4.69) is 20.2 Å². The highest BCUT2D eigenvalue weighted by Crippen LogP contribution is 2.33. The van der Waals surface area contributed by atoms with Crippen molar-refractivity contribution in [3.05, 3.63) is 10.9 Å². The van der Waals surface area contributed by atoms with Crippen molar-refractivity contribution in [2.75, 3.05) is 30.8 Å². The molecule has 27 heavy (non-hydrogen) atoms. The maximum Gasteiger partial charge on any atom is 0.328 e. The molecule has 3 heterocycles. The van der Waals surface area contributed by atoms with Gasteiger partial charge in [0.2, 0.25) is 5.95 Å². The van der Waals surface area contributed by atoms with Crippen molar-refractivity contribution in [1.29, 1.82) is 0 Å². The van der Waals surface area contributed by atoms with Gasteiger partial charge in [-0.15, -0.1) is 11.3 Å². The van der Waals surface area contributed by atoms with Gasteiger partial charge in [-0.3, -0.25) is 4.79 Å². The van der Waals surface area contributed by atoms with Crippen molar-refractivity contribution in [1.82, 2.24) is 15.3 Å². The number of nitrogens with zero attached hydrogens (tertiary/aromatic N) is 3. The lowest BCUT2D eigenvalue weighted by molar-refractivity contribution is -0.143. The van der Waals surface area contributed by atoms with Crippen LogP contribution in [0, 0.1) is 5.92 Å². The largest absolute Gasteiger partial charge is 0.467 e. The molecule has 0 aliphatic carbocycles. The Labute approximate surface area is 162 Å². The Bertz CT molecular complexity index is 845. The molecule has 2 aromatic rings. The summed E-state index contributed by atoms with van der Waals surface area (Å²) in [7, 11) is 1.32. The molecule has 1 atom stereocenters. The van der Waals surface area contributed by atoms with Crippen LogP contribution in [-0.4, -0.2) is 48.1 Å². The smallest absolute Gasteiger partial charge is 0.328 e. The van der Waals surface area contributed by atoms with Gasteiger partial charge in [0.05, 0.1) is 17.4 Å². The molecule has 0 saturated carbocycles. The van der Waals surface area contributed by atoms with E-state index in [1.165, 1.54) is 18.4 Å². The molecule has 0 bridgehead atoms. The number of methoxy groups -OCH3 is 1. The van der Waals surface area contributed by atoms with Gasteiger partial charge >= 0.3 is 5.97 Å². The topological polar surface area (TPSA) is 110 Å². The Kier molecular flexibility index (Phi) is 5.79. The summed E-state index contributed by atoms with van der Waals surface area (Å²) in [6, 6.07) is 1.11. The number of carbonyl (C=O) groups is 2. The summed E-state index contributed by atoms with van der Waals surface area (Å²) in [5.74, 6) is 0.451. The molecule has 0 spiro atoms. The SMILES string of the molecule is COC(=O)C(CC(C)C)NC(=O)c1cc2c(N3CCCC3)nc(N)nc2s1. The summed E-state index contributed by atoms with van der Waals surface area (Å²) in [5.41, 5.74) is 5.87. The Morgan fingerprint density at radius 3 is 2.67 bits per heavy atom. The molecular weight excluding hydrogens is 366 g/mol. The number of nitrogen functional groups attached to an aromatic ring is 1. The maximum absolute atomic E-state index is 12.7. The second kappa shape index (κ2) is 8.08. The first-order valence-corrected chi connectivity index (χ1v) is 9.91. The van der Waals surface area contributed by atoms with E-state index < -0.39 is 12.0 Å². The number of amides is 1. The molecule has 0 aromatic carbocycles. The number of thiophene rings is 1. The number of carbonyl (C=O) groups excluding carboxylic acids is 2. The summed E-state index contributed by atoms with van der Waals surface area (Å²) >= 11 is 1.25. The number of nitrogens with one attached hydrogen (secondary N) is 1. The number of aromatic nitrogens is 2. The van der Waals surface area contributed by atoms with E-state index in [1.807, 2.05) is 13.8 Å². The van der Waals surface area contributed by atoms with Gasteiger partial charge in [0, 0.05) is 13.1 Å². The van der Waals surface area contributed by atoms with Crippen LogP contribution in [0.15, 0.2) is 6.07 Å². The third-order valence-electron chi connectivity index (χ3n) is 4.52. The standard InChI is InChI=1S/C18H25N5O3S/c1-10(2)8-12(17(25)26-3)20-15(24)13-9-11-14(23-6-4-5-7-23)21-18(19)22-16(11)27-13/h9-10,12H,4-8H2,1-3H3,(H,20,24)(H2,19,21,22). The number of nitrogens with two attached hydrogens (primary N) is 1. The second-order valence-corrected chi connectivity index (χ2v) is 8.14. The normalized spacial score (nSPS) is 15.3. The van der Waals surface area contributed by atoms with Gasteiger partial charge in [0.15, 0.2) is 0 Å². The zero-order valence-corrected chi connectivity index (χ0v) is 16.6. The molecule has 1 aliphatic rings. The van der Waals surface area contributed by atoms with Crippen molar-refractivity contribution in [3.63, 3.8) is 0 Å². The molecule has 8 nitrogen and oxygen atoms in total. The van der Waals surface area contributed by atoms with Gasteiger partial charge in [-0.25, -0.2) is 9.78 Å². The predicted molar refractivity (Wildman–Crippen MR) is 106 cm³/mol. The molecule has 1 amide bonds. The summed E-state index contributed by atoms with van der Waals surface area (Å²) in [4.78, 5) is 36.7. The fourth-order valence-electron chi connectivity index (χ4n) is 3.26. The number of fused-ring (bicyclic) bond motifs is 1. The summed E-state index contributed by atoms with van der Waals surface area (Å²) in [6.07, 6.45) is 2.73. The zero-order valence-electron chi connectivity index (χ0n) is 15.8. The van der Waals surface area contributed by atoms with E-state index in [4.69, 9.17) is 10.5 Å². The average molecular weight is 391 g/mol. The number of anilines is 2. The van der Waals surface area contributed by atoms with E-state index in [9.17, 15) is 9.59 Å². The molecule has 1 aliphatic heterocycles. The van der Waals surface area contributed by atoms with Crippen LogP contribution in [0.1, 0.15) is 42.8 Å². The van der Waals surface area contributed by atoms with E-state index in [1.54, 1.807) is 6.07 Å². The molecular formula is C18H25N5O3S. The first-order valence-electron chi connectivity index (χ1n) is 9.09. The predicted octanol–water partition coefficient (Wildman–Crippen LogP) is 2.19. The van der Waals surface area contributed by atoms with Gasteiger partial charge in [0.25, 0.3) is 5.91 Å². The lowest BCUT2D eigenvalue weighted by Crippen LogP contribution is -2.42. The molecule has 146 valence electrons. The van der Waals surface area contributed by atoms with Gasteiger partial charge in [-0.1, -0.05) is 13.8 Å². The quantitative estimate of drug-likeness (QED) is 0.726. The number of hydrogen-bond donors (Lipinski definition) is 2. The molecule has 0 radical (unpaired) electrons. The van der Waals surface area contributed by atoms with Crippen LogP contribution in [0.3, 0.4) is 0 Å². The Balaban J connectivity index is 1.88. The lowest BCUT2D eigenvalue weighted by atomic mass is 10.0. The fourth-order valence-corrected chi connectivity index (χ4v) is 4.20. The van der Waals surface area contributed by atoms with Gasteiger partial charge < -0.3 is 20.7 Å². The molecule has 1 fully saturated rings. The van der Waals surface area contributed by atoms with Gasteiger partial charge in [0.1, 0.15) is 16.7 Å². The minimum atomic E-state index is -0.679. The zero-order chi connectivity index (χ0) is 19.6. The molecule has 1 saturated heterocycles. The Morgan fingerprint density at radius 1 is 1.33 bits per heavy atom. The molecule has 9 heteroatoms. The first-order chi connectivity index (χ1) is 12.9. The number of esters is 1. The molecule has 1 unspecified atom stereocenters. The van der Waals surface area contributed by atoms with Crippen LogP contribution in [-0.2, 0) is 9.53 Å². The summed E-state index contributed by atoms with van der Waals surface area (Å²) < 4.78 is 4.82.